The molecule has 5 nitrogen and oxygen atoms in total. The summed E-state index contributed by atoms with van der Waals surface area (Å²) in [6.45, 7) is 1.77. The molecular weight excluding hydrogens is 208 g/mol. The maximum absolute atomic E-state index is 10.5. The monoisotopic (exact) mass is 218 g/mol. The Morgan fingerprint density at radius 3 is 2.07 bits per heavy atom. The van der Waals surface area contributed by atoms with Gasteiger partial charge in [-0.2, -0.15) is 0 Å². The first-order chi connectivity index (χ1) is 6.49. The van der Waals surface area contributed by atoms with Crippen LogP contribution in [0, 0.1) is 0 Å². The van der Waals surface area contributed by atoms with Crippen LogP contribution in [0.4, 0.5) is 0 Å². The molecule has 0 atom stereocenters. The number of aliphatic carboxylic acids is 2. The van der Waals surface area contributed by atoms with E-state index in [1.54, 1.807) is 6.92 Å². The Balaban J connectivity index is 4.67. The average Bonchev–Trinajstić information content (AvgIpc) is 2.10. The third-order valence-corrected chi connectivity index (χ3v) is 2.03. The molecule has 0 aliphatic rings. The zero-order valence-electron chi connectivity index (χ0n) is 7.43. The van der Waals surface area contributed by atoms with E-state index in [1.165, 1.54) is 0 Å². The second-order valence-corrected chi connectivity index (χ2v) is 3.43. The quantitative estimate of drug-likeness (QED) is 0.365. The van der Waals surface area contributed by atoms with Crippen molar-refractivity contribution in [3.63, 3.8) is 0 Å². The standard InChI is InChI=1S/C8H10O5S/c1-2-14-6(8(12)13)4-3-5(9)7(10)11/h3-4,9H,2H2,1H3,(H,10,11)(H,12,13)/b5-3-,6-4+. The maximum Gasteiger partial charge on any atom is 0.370 e. The van der Waals surface area contributed by atoms with Gasteiger partial charge in [0, 0.05) is 0 Å². The fraction of sp³-hybridized carbons (Fsp3) is 0.250. The second-order valence-electron chi connectivity index (χ2n) is 2.13. The Morgan fingerprint density at radius 2 is 1.71 bits per heavy atom. The van der Waals surface area contributed by atoms with Gasteiger partial charge in [0.1, 0.15) is 0 Å². The Kier molecular flexibility index (Phi) is 5.47. The van der Waals surface area contributed by atoms with E-state index in [4.69, 9.17) is 15.3 Å². The van der Waals surface area contributed by atoms with Crippen LogP contribution >= 0.6 is 11.8 Å². The molecule has 0 rings (SSSR count). The summed E-state index contributed by atoms with van der Waals surface area (Å²) in [6, 6.07) is 0. The van der Waals surface area contributed by atoms with E-state index < -0.39 is 17.7 Å². The van der Waals surface area contributed by atoms with Crippen LogP contribution in [-0.2, 0) is 9.59 Å². The molecule has 78 valence electrons. The summed E-state index contributed by atoms with van der Waals surface area (Å²) in [5.74, 6) is -2.97. The largest absolute Gasteiger partial charge is 0.502 e. The molecule has 0 aromatic rings. The number of hydrogen-bond acceptors (Lipinski definition) is 4. The van der Waals surface area contributed by atoms with Crippen molar-refractivity contribution in [2.75, 3.05) is 5.75 Å². The number of aliphatic hydroxyl groups is 1. The molecule has 0 saturated carbocycles. The average molecular weight is 218 g/mol. The van der Waals surface area contributed by atoms with Gasteiger partial charge in [0.2, 0.25) is 5.76 Å². The smallest absolute Gasteiger partial charge is 0.370 e. The molecule has 0 bridgehead atoms. The first kappa shape index (κ1) is 12.6. The van der Waals surface area contributed by atoms with Gasteiger partial charge in [0.15, 0.2) is 0 Å². The first-order valence-electron chi connectivity index (χ1n) is 3.69. The van der Waals surface area contributed by atoms with Gasteiger partial charge in [0.25, 0.3) is 0 Å². The van der Waals surface area contributed by atoms with Crippen molar-refractivity contribution in [3.8, 4) is 0 Å². The molecule has 6 heteroatoms. The molecule has 0 fully saturated rings. The second kappa shape index (κ2) is 6.09. The summed E-state index contributed by atoms with van der Waals surface area (Å²) >= 11 is 1.05. The Morgan fingerprint density at radius 1 is 1.14 bits per heavy atom. The molecule has 0 radical (unpaired) electrons. The SMILES string of the molecule is CCS/C(=C/C=C(\O)C(=O)O)C(=O)O. The van der Waals surface area contributed by atoms with Crippen molar-refractivity contribution in [3.05, 3.63) is 22.8 Å². The fourth-order valence-corrected chi connectivity index (χ4v) is 1.16. The highest BCUT2D eigenvalue weighted by molar-refractivity contribution is 8.03. The maximum atomic E-state index is 10.5. The van der Waals surface area contributed by atoms with Crippen molar-refractivity contribution >= 4 is 23.7 Å². The van der Waals surface area contributed by atoms with Crippen LogP contribution in [0.5, 0.6) is 0 Å². The zero-order valence-corrected chi connectivity index (χ0v) is 8.24. The summed E-state index contributed by atoms with van der Waals surface area (Å²) in [5, 5.41) is 25.6. The number of aliphatic hydroxyl groups excluding tert-OH is 1. The van der Waals surface area contributed by atoms with Crippen LogP contribution in [0.15, 0.2) is 22.8 Å². The number of rotatable bonds is 5. The summed E-state index contributed by atoms with van der Waals surface area (Å²) in [6.07, 6.45) is 1.90. The number of allylic oxidation sites excluding steroid dienone is 2. The van der Waals surface area contributed by atoms with Crippen molar-refractivity contribution in [1.82, 2.24) is 0 Å². The van der Waals surface area contributed by atoms with Gasteiger partial charge in [-0.15, -0.1) is 11.8 Å². The predicted octanol–water partition coefficient (Wildman–Crippen LogP) is 1.23. The summed E-state index contributed by atoms with van der Waals surface area (Å²) < 4.78 is 0. The Hall–Kier alpha value is -1.43. The van der Waals surface area contributed by atoms with Gasteiger partial charge in [-0.1, -0.05) is 6.92 Å². The molecular formula is C8H10O5S. The van der Waals surface area contributed by atoms with Gasteiger partial charge in [-0.05, 0) is 17.9 Å². The molecule has 0 saturated heterocycles. The molecule has 0 aliphatic heterocycles. The van der Waals surface area contributed by atoms with E-state index in [1.807, 2.05) is 0 Å². The molecule has 14 heavy (non-hydrogen) atoms. The lowest BCUT2D eigenvalue weighted by Gasteiger charge is -1.96. The highest BCUT2D eigenvalue weighted by Crippen LogP contribution is 2.15. The van der Waals surface area contributed by atoms with E-state index in [2.05, 4.69) is 0 Å². The van der Waals surface area contributed by atoms with Crippen molar-refractivity contribution in [1.29, 1.82) is 0 Å². The minimum Gasteiger partial charge on any atom is -0.502 e. The van der Waals surface area contributed by atoms with Crippen LogP contribution < -0.4 is 0 Å². The van der Waals surface area contributed by atoms with E-state index in [0.29, 0.717) is 5.75 Å². The lowest BCUT2D eigenvalue weighted by Crippen LogP contribution is -2.00. The molecule has 0 amide bonds. The van der Waals surface area contributed by atoms with Gasteiger partial charge in [0.05, 0.1) is 4.91 Å². The van der Waals surface area contributed by atoms with E-state index in [-0.39, 0.29) is 4.91 Å². The zero-order chi connectivity index (χ0) is 11.1. The number of hydrogen-bond donors (Lipinski definition) is 3. The topological polar surface area (TPSA) is 94.8 Å². The van der Waals surface area contributed by atoms with E-state index in [9.17, 15) is 9.59 Å². The predicted molar refractivity (Wildman–Crippen MR) is 52.2 cm³/mol. The third kappa shape index (κ3) is 4.56. The van der Waals surface area contributed by atoms with Crippen molar-refractivity contribution in [2.24, 2.45) is 0 Å². The number of carboxylic acid groups (broad SMARTS) is 2. The summed E-state index contributed by atoms with van der Waals surface area (Å²) in [4.78, 5) is 20.6. The van der Waals surface area contributed by atoms with E-state index in [0.717, 1.165) is 23.9 Å². The molecule has 0 aliphatic carbocycles. The summed E-state index contributed by atoms with van der Waals surface area (Å²) in [5.41, 5.74) is 0. The lowest BCUT2D eigenvalue weighted by atomic mass is 10.4. The van der Waals surface area contributed by atoms with Gasteiger partial charge in [-0.3, -0.25) is 0 Å². The highest BCUT2D eigenvalue weighted by atomic mass is 32.2. The van der Waals surface area contributed by atoms with Crippen LogP contribution in [0.25, 0.3) is 0 Å². The van der Waals surface area contributed by atoms with Crippen LogP contribution in [-0.4, -0.2) is 33.0 Å². The highest BCUT2D eigenvalue weighted by Gasteiger charge is 2.07. The van der Waals surface area contributed by atoms with Gasteiger partial charge < -0.3 is 15.3 Å². The van der Waals surface area contributed by atoms with Gasteiger partial charge in [-0.25, -0.2) is 9.59 Å². The first-order valence-corrected chi connectivity index (χ1v) is 4.68. The van der Waals surface area contributed by atoms with Crippen molar-refractivity contribution in [2.45, 2.75) is 6.92 Å². The molecule has 0 aromatic heterocycles. The minimum absolute atomic E-state index is 0.0136. The van der Waals surface area contributed by atoms with E-state index >= 15 is 0 Å². The lowest BCUT2D eigenvalue weighted by molar-refractivity contribution is -0.135. The minimum atomic E-state index is -1.49. The van der Waals surface area contributed by atoms with Gasteiger partial charge >= 0.3 is 11.9 Å². The summed E-state index contributed by atoms with van der Waals surface area (Å²) in [7, 11) is 0. The van der Waals surface area contributed by atoms with Crippen LogP contribution in [0.1, 0.15) is 6.92 Å². The van der Waals surface area contributed by atoms with Crippen LogP contribution in [0.3, 0.4) is 0 Å². The number of thioether (sulfide) groups is 1. The Bertz CT molecular complexity index is 292. The molecule has 0 unspecified atom stereocenters. The normalized spacial score (nSPS) is 12.6. The van der Waals surface area contributed by atoms with Crippen LogP contribution in [0.2, 0.25) is 0 Å². The number of carbonyl (C=O) groups is 2. The van der Waals surface area contributed by atoms with Crippen molar-refractivity contribution < 1.29 is 24.9 Å². The fourth-order valence-electron chi connectivity index (χ4n) is 0.563. The molecule has 0 aromatic carbocycles. The molecule has 0 spiro atoms. The molecule has 3 N–H and O–H groups in total. The third-order valence-electron chi connectivity index (χ3n) is 1.12. The Labute approximate surface area is 84.7 Å². The molecule has 0 heterocycles. The number of carboxylic acids is 2.